The Morgan fingerprint density at radius 3 is 2.44 bits per heavy atom. The summed E-state index contributed by atoms with van der Waals surface area (Å²) in [4.78, 5) is 62.3. The number of hydrogen-bond donors (Lipinski definition) is 3. The largest absolute Gasteiger partial charge is 0.459 e. The maximum absolute atomic E-state index is 14.5. The van der Waals surface area contributed by atoms with Crippen molar-refractivity contribution in [3.8, 4) is 11.3 Å². The molecule has 0 saturated carbocycles. The van der Waals surface area contributed by atoms with Crippen molar-refractivity contribution in [1.29, 1.82) is 0 Å². The molecule has 338 valence electrons. The molecule has 0 spiro atoms. The molecular formula is C43H64N6O11S. The van der Waals surface area contributed by atoms with Crippen LogP contribution in [0.15, 0.2) is 33.9 Å². The summed E-state index contributed by atoms with van der Waals surface area (Å²) in [6.07, 6.45) is -3.53. The normalized spacial score (nSPS) is 37.2. The number of amides is 1. The first-order valence-corrected chi connectivity index (χ1v) is 21.8. The summed E-state index contributed by atoms with van der Waals surface area (Å²) in [6, 6.07) is 3.31. The predicted octanol–water partition coefficient (Wildman–Crippen LogP) is 4.22. The summed E-state index contributed by atoms with van der Waals surface area (Å²) in [7, 11) is 3.72. The maximum Gasteiger partial charge on any atom is 0.316 e. The van der Waals surface area contributed by atoms with Gasteiger partial charge in [-0.3, -0.25) is 19.4 Å². The number of aliphatic imine (C=N–C) groups is 1. The van der Waals surface area contributed by atoms with Crippen LogP contribution in [0.3, 0.4) is 0 Å². The van der Waals surface area contributed by atoms with Crippen molar-refractivity contribution in [3.05, 3.63) is 29.4 Å². The van der Waals surface area contributed by atoms with E-state index in [-0.39, 0.29) is 50.5 Å². The van der Waals surface area contributed by atoms with Crippen molar-refractivity contribution in [2.75, 3.05) is 33.0 Å². The van der Waals surface area contributed by atoms with E-state index in [9.17, 15) is 24.6 Å². The number of oxime groups is 1. The molecule has 17 nitrogen and oxygen atoms in total. The molecule has 18 heteroatoms. The number of carbonyl (C=O) groups is 3. The lowest BCUT2D eigenvalue weighted by molar-refractivity contribution is -0.296. The average Bonchev–Trinajstić information content (AvgIpc) is 3.64. The van der Waals surface area contributed by atoms with Gasteiger partial charge in [-0.2, -0.15) is 0 Å². The number of fused-ring (bicyclic) bond motifs is 5. The number of aliphatic hydroxyl groups excluding tert-OH is 1. The van der Waals surface area contributed by atoms with E-state index >= 15 is 0 Å². The lowest BCUT2D eigenvalue weighted by atomic mass is 9.73. The van der Waals surface area contributed by atoms with Gasteiger partial charge in [0.2, 0.25) is 5.91 Å². The fourth-order valence-electron chi connectivity index (χ4n) is 8.88. The van der Waals surface area contributed by atoms with Crippen LogP contribution in [0, 0.1) is 23.7 Å². The molecule has 5 heterocycles. The quantitative estimate of drug-likeness (QED) is 0.192. The number of pyridine rings is 1. The van der Waals surface area contributed by atoms with Crippen LogP contribution in [0.25, 0.3) is 11.3 Å². The second kappa shape index (κ2) is 20.2. The second-order valence-electron chi connectivity index (χ2n) is 17.4. The molecule has 61 heavy (non-hydrogen) atoms. The molecule has 2 bridgehead atoms. The average molecular weight is 873 g/mol. The Bertz CT molecular complexity index is 1910. The van der Waals surface area contributed by atoms with Gasteiger partial charge in [-0.25, -0.2) is 9.98 Å². The number of Topliss-reactive ketones (excluding diaryl/α,β-unsaturated/α-hetero) is 1. The smallest absolute Gasteiger partial charge is 0.316 e. The van der Waals surface area contributed by atoms with Crippen LogP contribution in [0.2, 0.25) is 0 Å². The molecule has 3 fully saturated rings. The molecule has 3 saturated heterocycles. The number of thiazole rings is 1. The minimum absolute atomic E-state index is 0.0184. The van der Waals surface area contributed by atoms with Crippen LogP contribution in [-0.2, 0) is 49.5 Å². The van der Waals surface area contributed by atoms with Crippen molar-refractivity contribution >= 4 is 45.6 Å². The number of esters is 1. The monoisotopic (exact) mass is 872 g/mol. The Labute approximate surface area is 362 Å². The van der Waals surface area contributed by atoms with Crippen LogP contribution >= 0.6 is 11.3 Å². The number of anilines is 1. The van der Waals surface area contributed by atoms with E-state index in [0.717, 1.165) is 5.56 Å². The fourth-order valence-corrected chi connectivity index (χ4v) is 9.45. The maximum atomic E-state index is 14.5. The van der Waals surface area contributed by atoms with Crippen molar-refractivity contribution < 1.29 is 53.1 Å². The highest BCUT2D eigenvalue weighted by molar-refractivity contribution is 7.13. The van der Waals surface area contributed by atoms with Crippen LogP contribution in [0.5, 0.6) is 0 Å². The van der Waals surface area contributed by atoms with Gasteiger partial charge in [0.15, 0.2) is 23.8 Å². The number of carbonyl (C=O) groups excluding carboxylic acids is 3. The van der Waals surface area contributed by atoms with Gasteiger partial charge in [0.25, 0.3) is 0 Å². The number of aliphatic hydroxyl groups is 2. The molecule has 3 aliphatic heterocycles. The van der Waals surface area contributed by atoms with Gasteiger partial charge in [0, 0.05) is 47.7 Å². The van der Waals surface area contributed by atoms with Gasteiger partial charge >= 0.3 is 5.97 Å². The van der Waals surface area contributed by atoms with Gasteiger partial charge in [0.05, 0.1) is 48.5 Å². The number of nitrogen functional groups attached to an aromatic ring is 1. The third-order valence-corrected chi connectivity index (χ3v) is 12.8. The van der Waals surface area contributed by atoms with Gasteiger partial charge in [-0.1, -0.05) is 32.9 Å². The van der Waals surface area contributed by atoms with E-state index in [1.807, 2.05) is 44.3 Å². The Morgan fingerprint density at radius 1 is 1.11 bits per heavy atom. The third-order valence-electron chi connectivity index (χ3n) is 12.2. The molecule has 1 amide bonds. The van der Waals surface area contributed by atoms with Crippen molar-refractivity contribution in [2.24, 2.45) is 33.8 Å². The van der Waals surface area contributed by atoms with E-state index in [1.54, 1.807) is 40.0 Å². The van der Waals surface area contributed by atoms with E-state index in [4.69, 9.17) is 34.3 Å². The highest BCUT2D eigenvalue weighted by Gasteiger charge is 2.53. The molecule has 2 aromatic heterocycles. The molecule has 3 aliphatic rings. The standard InChI is InChI=1S/C43H64N6O11S/c1-12-33-43(9,54)38-24(4)34(46-27(7)50)22(2)16-42(8,56-19-30(18-55-38)48-57-20-29-14-13-28(17-45-29)31-21-61-41(44)47-31)37(25(5)35(51)26(6)39(53)59-33)60-40-36(52)32(49(10)11)15-23(3)58-40/h13-14,17,21-26,32-33,36-38,40,52,54H,12,15-16,18-20H2,1-11H3,(H2,44,47)/b46-34?,48-30+/t22-,23-,24+,25+,26-,32+,33-,36-,37-,38+,40+,42-,43-/m1/s1. The zero-order valence-electron chi connectivity index (χ0n) is 37.2. The van der Waals surface area contributed by atoms with Crippen molar-refractivity contribution in [1.82, 2.24) is 14.9 Å². The number of hydrogen-bond acceptors (Lipinski definition) is 17. The number of rotatable bonds is 8. The summed E-state index contributed by atoms with van der Waals surface area (Å²) in [5.74, 6) is -5.38. The number of ketones is 1. The van der Waals surface area contributed by atoms with Gasteiger partial charge < -0.3 is 49.4 Å². The highest BCUT2D eigenvalue weighted by atomic mass is 32.1. The SMILES string of the molecule is CC[C@H]1OC(=O)[C@H](C)C(=O)[C@H](C)[C@@H](O[C@@H]2O[C@H](C)C[C@H](N(C)C)[C@H]2O)[C@@]2(C)C[C@@H](C)C(=NC(C)=O)[C@H](C)[C@H](OC/C(=N\OCc3ccc(-c4csc(N)n4)cn3)CO2)[C@]1(C)O. The Balaban J connectivity index is 1.63. The predicted molar refractivity (Wildman–Crippen MR) is 229 cm³/mol. The summed E-state index contributed by atoms with van der Waals surface area (Å²) in [5, 5.41) is 30.9. The Morgan fingerprint density at radius 2 is 1.84 bits per heavy atom. The van der Waals surface area contributed by atoms with Crippen LogP contribution in [0.4, 0.5) is 5.13 Å². The third kappa shape index (κ3) is 11.3. The van der Waals surface area contributed by atoms with E-state index in [1.165, 1.54) is 32.1 Å². The second-order valence-corrected chi connectivity index (χ2v) is 18.3. The number of ether oxygens (including phenoxy) is 5. The number of nitrogens with zero attached hydrogens (tertiary/aromatic N) is 5. The van der Waals surface area contributed by atoms with Crippen LogP contribution in [0.1, 0.15) is 87.3 Å². The number of cyclic esters (lactones) is 1. The van der Waals surface area contributed by atoms with E-state index < -0.39 is 83.2 Å². The first-order valence-electron chi connectivity index (χ1n) is 21.0. The molecule has 4 N–H and O–H groups in total. The highest BCUT2D eigenvalue weighted by Crippen LogP contribution is 2.40. The molecule has 0 aromatic carbocycles. The summed E-state index contributed by atoms with van der Waals surface area (Å²) in [5.41, 5.74) is 5.29. The molecule has 5 rings (SSSR count). The van der Waals surface area contributed by atoms with E-state index in [0.29, 0.717) is 28.7 Å². The first kappa shape index (κ1) is 48.3. The minimum atomic E-state index is -1.86. The Kier molecular flexibility index (Phi) is 16.0. The van der Waals surface area contributed by atoms with Crippen LogP contribution < -0.4 is 5.73 Å². The Hall–Kier alpha value is -3.75. The van der Waals surface area contributed by atoms with E-state index in [2.05, 4.69) is 20.1 Å². The van der Waals surface area contributed by atoms with Crippen LogP contribution in [-0.4, -0.2) is 136 Å². The molecule has 2 aromatic rings. The number of likely N-dealkylation sites (N-methyl/N-ethyl adjacent to an activating group) is 1. The number of aromatic nitrogens is 2. The van der Waals surface area contributed by atoms with Crippen molar-refractivity contribution in [3.63, 3.8) is 0 Å². The molecule has 0 radical (unpaired) electrons. The summed E-state index contributed by atoms with van der Waals surface area (Å²) < 4.78 is 32.5. The number of nitrogens with two attached hydrogens (primary N) is 1. The summed E-state index contributed by atoms with van der Waals surface area (Å²) >= 11 is 1.34. The fraction of sp³-hybridized carbons (Fsp3) is 0.698. The van der Waals surface area contributed by atoms with Gasteiger partial charge in [0.1, 0.15) is 29.4 Å². The molecular weight excluding hydrogens is 809 g/mol. The molecule has 13 atom stereocenters. The minimum Gasteiger partial charge on any atom is -0.459 e. The molecule has 0 unspecified atom stereocenters. The zero-order valence-corrected chi connectivity index (χ0v) is 38.0. The topological polar surface area (TPSA) is 227 Å². The molecule has 0 aliphatic carbocycles. The first-order chi connectivity index (χ1) is 28.7. The zero-order chi connectivity index (χ0) is 45.0. The van der Waals surface area contributed by atoms with Gasteiger partial charge in [-0.05, 0) is 79.1 Å². The van der Waals surface area contributed by atoms with Crippen molar-refractivity contribution in [2.45, 2.75) is 142 Å². The lowest BCUT2D eigenvalue weighted by Gasteiger charge is -2.47. The lowest BCUT2D eigenvalue weighted by Crippen LogP contribution is -2.60. The van der Waals surface area contributed by atoms with Gasteiger partial charge in [-0.15, -0.1) is 11.3 Å². The summed E-state index contributed by atoms with van der Waals surface area (Å²) in [6.45, 7) is 14.6.